The van der Waals surface area contributed by atoms with Crippen molar-refractivity contribution in [2.45, 2.75) is 20.3 Å². The second-order valence-electron chi connectivity index (χ2n) is 4.22. The van der Waals surface area contributed by atoms with E-state index in [4.69, 9.17) is 5.11 Å². The molecule has 0 aliphatic rings. The first kappa shape index (κ1) is 15.2. The van der Waals surface area contributed by atoms with Gasteiger partial charge in [0.1, 0.15) is 0 Å². The molecule has 98 valence electrons. The van der Waals surface area contributed by atoms with Crippen LogP contribution in [-0.4, -0.2) is 43.2 Å². The quantitative estimate of drug-likeness (QED) is 0.507. The summed E-state index contributed by atoms with van der Waals surface area (Å²) in [6.45, 7) is 3.26. The summed E-state index contributed by atoms with van der Waals surface area (Å²) in [5.41, 5.74) is -1.02. The molecule has 4 N–H and O–H groups in total. The highest BCUT2D eigenvalue weighted by atomic mass is 16.4. The molecule has 17 heavy (non-hydrogen) atoms. The molecule has 0 heterocycles. The van der Waals surface area contributed by atoms with Gasteiger partial charge in [-0.05, 0) is 13.8 Å². The van der Waals surface area contributed by atoms with E-state index in [-0.39, 0.29) is 25.4 Å². The molecule has 0 aliphatic carbocycles. The maximum atomic E-state index is 11.2. The van der Waals surface area contributed by atoms with Crippen molar-refractivity contribution >= 4 is 17.9 Å². The molecule has 0 aromatic carbocycles. The number of carboxylic acids is 1. The number of rotatable bonds is 6. The molecule has 3 amide bonds. The normalized spacial score (nSPS) is 10.5. The molecule has 0 saturated heterocycles. The van der Waals surface area contributed by atoms with Gasteiger partial charge in [-0.15, -0.1) is 0 Å². The second-order valence-corrected chi connectivity index (χ2v) is 4.22. The Balaban J connectivity index is 3.81. The summed E-state index contributed by atoms with van der Waals surface area (Å²) in [6.07, 6.45) is 0.187. The van der Waals surface area contributed by atoms with Crippen molar-refractivity contribution in [3.63, 3.8) is 0 Å². The Morgan fingerprint density at radius 2 is 1.76 bits per heavy atom. The van der Waals surface area contributed by atoms with E-state index in [2.05, 4.69) is 16.0 Å². The van der Waals surface area contributed by atoms with Crippen molar-refractivity contribution in [2.24, 2.45) is 5.41 Å². The van der Waals surface area contributed by atoms with E-state index in [0.29, 0.717) is 0 Å². The zero-order valence-corrected chi connectivity index (χ0v) is 10.3. The Morgan fingerprint density at radius 3 is 2.24 bits per heavy atom. The molecule has 0 rings (SSSR count). The average molecular weight is 245 g/mol. The van der Waals surface area contributed by atoms with E-state index in [0.717, 1.165) is 0 Å². The second kappa shape index (κ2) is 6.72. The minimum atomic E-state index is -1.02. The Labute approximate surface area is 100.0 Å². The molecule has 0 radical (unpaired) electrons. The third-order valence-corrected chi connectivity index (χ3v) is 2.19. The number of amides is 3. The lowest BCUT2D eigenvalue weighted by Crippen LogP contribution is -2.44. The van der Waals surface area contributed by atoms with Crippen molar-refractivity contribution in [1.29, 1.82) is 0 Å². The van der Waals surface area contributed by atoms with Crippen LogP contribution in [0.4, 0.5) is 4.79 Å². The summed E-state index contributed by atoms with van der Waals surface area (Å²) in [5.74, 6) is -1.15. The van der Waals surface area contributed by atoms with Gasteiger partial charge < -0.3 is 21.1 Å². The fraction of sp³-hybridized carbons (Fsp3) is 0.700. The number of carbonyl (C=O) groups is 3. The molecule has 0 spiro atoms. The number of carboxylic acid groups (broad SMARTS) is 1. The van der Waals surface area contributed by atoms with Gasteiger partial charge in [0.2, 0.25) is 5.91 Å². The lowest BCUT2D eigenvalue weighted by atomic mass is 9.94. The maximum absolute atomic E-state index is 11.2. The predicted octanol–water partition coefficient (Wildman–Crippen LogP) is -0.467. The summed E-state index contributed by atoms with van der Waals surface area (Å²) < 4.78 is 0. The van der Waals surface area contributed by atoms with Crippen LogP contribution in [-0.2, 0) is 9.59 Å². The zero-order chi connectivity index (χ0) is 13.5. The number of nitrogens with one attached hydrogen (secondary N) is 3. The third-order valence-electron chi connectivity index (χ3n) is 2.19. The topological polar surface area (TPSA) is 108 Å². The van der Waals surface area contributed by atoms with Crippen LogP contribution < -0.4 is 16.0 Å². The Kier molecular flexibility index (Phi) is 6.01. The zero-order valence-electron chi connectivity index (χ0n) is 10.3. The van der Waals surface area contributed by atoms with Crippen LogP contribution in [0.3, 0.4) is 0 Å². The van der Waals surface area contributed by atoms with E-state index in [1.165, 1.54) is 20.9 Å². The van der Waals surface area contributed by atoms with Crippen molar-refractivity contribution in [1.82, 2.24) is 16.0 Å². The standard InChI is InChI=1S/C10H19N3O4/c1-10(2,8(15)16)6-13-9(17)12-5-4-7(14)11-3/h4-6H2,1-3H3,(H,11,14)(H,15,16)(H2,12,13,17). The molecule has 0 atom stereocenters. The maximum Gasteiger partial charge on any atom is 0.314 e. The van der Waals surface area contributed by atoms with E-state index in [9.17, 15) is 14.4 Å². The average Bonchev–Trinajstić information content (AvgIpc) is 2.26. The van der Waals surface area contributed by atoms with Gasteiger partial charge in [-0.1, -0.05) is 0 Å². The first-order valence-corrected chi connectivity index (χ1v) is 5.25. The molecular weight excluding hydrogens is 226 g/mol. The van der Waals surface area contributed by atoms with Gasteiger partial charge in [0.15, 0.2) is 0 Å². The van der Waals surface area contributed by atoms with Crippen LogP contribution in [0.5, 0.6) is 0 Å². The van der Waals surface area contributed by atoms with Crippen LogP contribution in [0.1, 0.15) is 20.3 Å². The summed E-state index contributed by atoms with van der Waals surface area (Å²) in [7, 11) is 1.51. The van der Waals surface area contributed by atoms with Gasteiger partial charge in [-0.3, -0.25) is 9.59 Å². The fourth-order valence-electron chi connectivity index (χ4n) is 0.854. The largest absolute Gasteiger partial charge is 0.481 e. The summed E-state index contributed by atoms with van der Waals surface area (Å²) in [4.78, 5) is 32.8. The van der Waals surface area contributed by atoms with Gasteiger partial charge in [0.25, 0.3) is 0 Å². The summed E-state index contributed by atoms with van der Waals surface area (Å²) in [6, 6.07) is -0.483. The number of urea groups is 1. The van der Waals surface area contributed by atoms with Crippen molar-refractivity contribution in [3.8, 4) is 0 Å². The van der Waals surface area contributed by atoms with Crippen LogP contribution in [0.2, 0.25) is 0 Å². The van der Waals surface area contributed by atoms with Gasteiger partial charge in [0.05, 0.1) is 5.41 Å². The number of hydrogen-bond donors (Lipinski definition) is 4. The van der Waals surface area contributed by atoms with Crippen molar-refractivity contribution in [3.05, 3.63) is 0 Å². The van der Waals surface area contributed by atoms with E-state index in [1.54, 1.807) is 0 Å². The van der Waals surface area contributed by atoms with Gasteiger partial charge >= 0.3 is 12.0 Å². The minimum absolute atomic E-state index is 0.0220. The lowest BCUT2D eigenvalue weighted by molar-refractivity contribution is -0.146. The summed E-state index contributed by atoms with van der Waals surface area (Å²) in [5, 5.41) is 16.1. The van der Waals surface area contributed by atoms with E-state index >= 15 is 0 Å². The Bertz CT molecular complexity index is 302. The van der Waals surface area contributed by atoms with Crippen LogP contribution >= 0.6 is 0 Å². The highest BCUT2D eigenvalue weighted by Gasteiger charge is 2.27. The summed E-state index contributed by atoms with van der Waals surface area (Å²) >= 11 is 0. The lowest BCUT2D eigenvalue weighted by Gasteiger charge is -2.19. The number of aliphatic carboxylic acids is 1. The van der Waals surface area contributed by atoms with E-state index < -0.39 is 17.4 Å². The molecule has 0 aromatic rings. The first-order chi connectivity index (χ1) is 7.79. The SMILES string of the molecule is CNC(=O)CCNC(=O)NCC(C)(C)C(=O)O. The molecule has 0 aliphatic heterocycles. The van der Waals surface area contributed by atoms with Gasteiger partial charge in [0, 0.05) is 26.6 Å². The monoisotopic (exact) mass is 245 g/mol. The van der Waals surface area contributed by atoms with Crippen molar-refractivity contribution < 1.29 is 19.5 Å². The molecule has 7 heteroatoms. The highest BCUT2D eigenvalue weighted by Crippen LogP contribution is 2.12. The van der Waals surface area contributed by atoms with Crippen LogP contribution in [0.15, 0.2) is 0 Å². The van der Waals surface area contributed by atoms with Gasteiger partial charge in [-0.25, -0.2) is 4.79 Å². The Morgan fingerprint density at radius 1 is 1.18 bits per heavy atom. The molecule has 0 fully saturated rings. The third kappa shape index (κ3) is 6.39. The minimum Gasteiger partial charge on any atom is -0.481 e. The first-order valence-electron chi connectivity index (χ1n) is 5.25. The fourth-order valence-corrected chi connectivity index (χ4v) is 0.854. The van der Waals surface area contributed by atoms with Crippen molar-refractivity contribution in [2.75, 3.05) is 20.1 Å². The highest BCUT2D eigenvalue weighted by molar-refractivity contribution is 5.79. The van der Waals surface area contributed by atoms with Crippen LogP contribution in [0.25, 0.3) is 0 Å². The van der Waals surface area contributed by atoms with E-state index in [1.807, 2.05) is 0 Å². The smallest absolute Gasteiger partial charge is 0.314 e. The molecular formula is C10H19N3O4. The van der Waals surface area contributed by atoms with Gasteiger partial charge in [-0.2, -0.15) is 0 Å². The van der Waals surface area contributed by atoms with Crippen LogP contribution in [0, 0.1) is 5.41 Å². The Hall–Kier alpha value is -1.79. The molecule has 0 unspecified atom stereocenters. The molecule has 7 nitrogen and oxygen atoms in total. The molecule has 0 aromatic heterocycles. The molecule has 0 bridgehead atoms. The predicted molar refractivity (Wildman–Crippen MR) is 61.5 cm³/mol. The number of hydrogen-bond acceptors (Lipinski definition) is 3. The molecule has 0 saturated carbocycles. The number of carbonyl (C=O) groups excluding carboxylic acids is 2.